The van der Waals surface area contributed by atoms with E-state index in [2.05, 4.69) is 51.9 Å². The highest BCUT2D eigenvalue weighted by Gasteiger charge is 2.39. The Morgan fingerprint density at radius 3 is 1.88 bits per heavy atom. The molecule has 0 aromatic carbocycles. The molecule has 2 unspecified atom stereocenters. The van der Waals surface area contributed by atoms with Crippen molar-refractivity contribution in [2.24, 2.45) is 0 Å². The van der Waals surface area contributed by atoms with Crippen molar-refractivity contribution < 1.29 is 8.85 Å². The Bertz CT molecular complexity index is 233. The molecule has 0 spiro atoms. The topological polar surface area (TPSA) is 30.5 Å². The summed E-state index contributed by atoms with van der Waals surface area (Å²) in [4.78, 5) is 3.70. The molecule has 0 bridgehead atoms. The fourth-order valence-electron chi connectivity index (χ4n) is 1.96. The highest BCUT2D eigenvalue weighted by molar-refractivity contribution is 6.73. The Morgan fingerprint density at radius 1 is 1.06 bits per heavy atom. The van der Waals surface area contributed by atoms with E-state index in [0.717, 1.165) is 19.1 Å². The van der Waals surface area contributed by atoms with E-state index in [9.17, 15) is 0 Å². The maximum Gasteiger partial charge on any atom is 0.335 e. The van der Waals surface area contributed by atoms with Crippen LogP contribution in [0.3, 0.4) is 0 Å². The van der Waals surface area contributed by atoms with Crippen molar-refractivity contribution in [3.8, 4) is 0 Å². The van der Waals surface area contributed by atoms with Gasteiger partial charge in [-0.3, -0.25) is 0 Å². The van der Waals surface area contributed by atoms with E-state index in [0.29, 0.717) is 0 Å². The molecule has 0 aliphatic carbocycles. The average Bonchev–Trinajstić information content (AvgIpc) is 2.15. The molecule has 0 rings (SSSR count). The molecule has 3 nitrogen and oxygen atoms in total. The Labute approximate surface area is 110 Å². The van der Waals surface area contributed by atoms with E-state index in [-0.39, 0.29) is 5.72 Å². The van der Waals surface area contributed by atoms with Crippen molar-refractivity contribution in [2.75, 3.05) is 6.61 Å². The molecule has 0 amide bonds. The first kappa shape index (κ1) is 17.3. The second-order valence-corrected chi connectivity index (χ2v) is 14.2. The average molecular weight is 278 g/mol. The van der Waals surface area contributed by atoms with Gasteiger partial charge in [0.25, 0.3) is 0 Å². The normalized spacial score (nSPS) is 19.8. The van der Waals surface area contributed by atoms with Gasteiger partial charge in [-0.2, -0.15) is 0 Å². The van der Waals surface area contributed by atoms with Crippen LogP contribution in [0.1, 0.15) is 34.1 Å². The Balaban J connectivity index is 4.76. The molecule has 5 heteroatoms. The third-order valence-corrected chi connectivity index (χ3v) is 7.19. The highest BCUT2D eigenvalue weighted by Crippen LogP contribution is 2.24. The van der Waals surface area contributed by atoms with Crippen LogP contribution in [0.2, 0.25) is 32.2 Å². The molecule has 0 aromatic rings. The summed E-state index contributed by atoms with van der Waals surface area (Å²) in [6.45, 7) is 18.3. The van der Waals surface area contributed by atoms with Crippen molar-refractivity contribution in [1.82, 2.24) is 4.98 Å². The van der Waals surface area contributed by atoms with E-state index in [1.807, 2.05) is 6.92 Å². The van der Waals surface area contributed by atoms with Crippen LogP contribution in [0.15, 0.2) is 0 Å². The predicted molar refractivity (Wildman–Crippen MR) is 80.0 cm³/mol. The lowest BCUT2D eigenvalue weighted by Crippen LogP contribution is -2.61. The minimum absolute atomic E-state index is 0.239. The molecule has 0 aromatic heterocycles. The van der Waals surface area contributed by atoms with Gasteiger partial charge in [0.15, 0.2) is 0 Å². The second kappa shape index (κ2) is 6.47. The quantitative estimate of drug-likeness (QED) is 0.542. The molecule has 0 heterocycles. The zero-order chi connectivity index (χ0) is 13.7. The van der Waals surface area contributed by atoms with Crippen molar-refractivity contribution in [3.63, 3.8) is 0 Å². The largest absolute Gasteiger partial charge is 0.395 e. The first-order chi connectivity index (χ1) is 7.60. The van der Waals surface area contributed by atoms with Gasteiger partial charge in [-0.05, 0) is 32.9 Å². The summed E-state index contributed by atoms with van der Waals surface area (Å²) in [5.41, 5.74) is -0.239. The van der Waals surface area contributed by atoms with Gasteiger partial charge in [0.2, 0.25) is 0 Å². The lowest BCUT2D eigenvalue weighted by atomic mass is 10.2. The second-order valence-electron chi connectivity index (χ2n) is 5.98. The summed E-state index contributed by atoms with van der Waals surface area (Å²) in [5.74, 6) is 0. The molecular weight excluding hydrogens is 246 g/mol. The lowest BCUT2D eigenvalue weighted by Gasteiger charge is -2.42. The SMILES string of the molecule is CCO[Si](C)(CC)OC(C)(CC)N[Si](C)(C)C. The third-order valence-electron chi connectivity index (χ3n) is 2.85. The van der Waals surface area contributed by atoms with Crippen LogP contribution in [-0.2, 0) is 8.85 Å². The van der Waals surface area contributed by atoms with E-state index >= 15 is 0 Å². The molecule has 0 aliphatic rings. The molecule has 104 valence electrons. The summed E-state index contributed by atoms with van der Waals surface area (Å²) in [6, 6.07) is 0.990. The van der Waals surface area contributed by atoms with Gasteiger partial charge in [-0.15, -0.1) is 0 Å². The fourth-order valence-corrected chi connectivity index (χ4v) is 6.05. The van der Waals surface area contributed by atoms with Crippen LogP contribution < -0.4 is 4.98 Å². The van der Waals surface area contributed by atoms with Crippen LogP contribution in [0.5, 0.6) is 0 Å². The van der Waals surface area contributed by atoms with Gasteiger partial charge in [0, 0.05) is 6.61 Å². The maximum absolute atomic E-state index is 6.38. The number of hydrogen-bond donors (Lipinski definition) is 1. The Morgan fingerprint density at radius 2 is 1.59 bits per heavy atom. The molecule has 0 saturated carbocycles. The van der Waals surface area contributed by atoms with Gasteiger partial charge in [-0.25, -0.2) is 0 Å². The fraction of sp³-hybridized carbons (Fsp3) is 1.00. The van der Waals surface area contributed by atoms with E-state index < -0.39 is 16.8 Å². The number of rotatable bonds is 8. The van der Waals surface area contributed by atoms with Crippen LogP contribution in [0.4, 0.5) is 0 Å². The van der Waals surface area contributed by atoms with Crippen molar-refractivity contribution in [1.29, 1.82) is 0 Å². The Kier molecular flexibility index (Phi) is 6.59. The van der Waals surface area contributed by atoms with Crippen molar-refractivity contribution in [2.45, 2.75) is 72.1 Å². The Hall–Kier alpha value is 0.314. The van der Waals surface area contributed by atoms with Gasteiger partial charge < -0.3 is 13.8 Å². The summed E-state index contributed by atoms with van der Waals surface area (Å²) < 4.78 is 12.3. The summed E-state index contributed by atoms with van der Waals surface area (Å²) in [6.07, 6.45) is 0.965. The summed E-state index contributed by atoms with van der Waals surface area (Å²) in [5, 5.41) is 0. The standard InChI is InChI=1S/C12H31NO2Si2/c1-9-12(4,13-16(5,6)7)15-17(8,11-3)14-10-2/h13H,9-11H2,1-8H3. The molecule has 0 radical (unpaired) electrons. The van der Waals surface area contributed by atoms with Crippen LogP contribution >= 0.6 is 0 Å². The lowest BCUT2D eigenvalue weighted by molar-refractivity contribution is 0.0232. The summed E-state index contributed by atoms with van der Waals surface area (Å²) in [7, 11) is -3.38. The molecule has 0 saturated heterocycles. The first-order valence-electron chi connectivity index (χ1n) is 6.73. The molecular formula is C12H31NO2Si2. The van der Waals surface area contributed by atoms with E-state index in [1.165, 1.54) is 0 Å². The van der Waals surface area contributed by atoms with Crippen LogP contribution in [0.25, 0.3) is 0 Å². The first-order valence-corrected chi connectivity index (χ1v) is 12.8. The monoisotopic (exact) mass is 277 g/mol. The maximum atomic E-state index is 6.38. The van der Waals surface area contributed by atoms with Crippen molar-refractivity contribution in [3.05, 3.63) is 0 Å². The predicted octanol–water partition coefficient (Wildman–Crippen LogP) is 3.68. The van der Waals surface area contributed by atoms with Gasteiger partial charge >= 0.3 is 8.56 Å². The zero-order valence-electron chi connectivity index (χ0n) is 12.9. The number of hydrogen-bond acceptors (Lipinski definition) is 3. The van der Waals surface area contributed by atoms with Gasteiger partial charge in [0.05, 0.1) is 0 Å². The van der Waals surface area contributed by atoms with Gasteiger partial charge in [0.1, 0.15) is 14.0 Å². The van der Waals surface area contributed by atoms with Crippen molar-refractivity contribution >= 4 is 16.8 Å². The number of nitrogens with one attached hydrogen (secondary N) is 1. The van der Waals surface area contributed by atoms with Gasteiger partial charge in [-0.1, -0.05) is 33.5 Å². The smallest absolute Gasteiger partial charge is 0.335 e. The van der Waals surface area contributed by atoms with E-state index in [1.54, 1.807) is 0 Å². The molecule has 0 aliphatic heterocycles. The molecule has 1 N–H and O–H groups in total. The molecule has 2 atom stereocenters. The van der Waals surface area contributed by atoms with E-state index in [4.69, 9.17) is 8.85 Å². The van der Waals surface area contributed by atoms with Crippen LogP contribution in [-0.4, -0.2) is 29.1 Å². The molecule has 0 fully saturated rings. The highest BCUT2D eigenvalue weighted by atomic mass is 28.4. The minimum Gasteiger partial charge on any atom is -0.395 e. The zero-order valence-corrected chi connectivity index (χ0v) is 14.9. The minimum atomic E-state index is -2.02. The van der Waals surface area contributed by atoms with Crippen LogP contribution in [0, 0.1) is 0 Å². The molecule has 17 heavy (non-hydrogen) atoms. The third kappa shape index (κ3) is 6.71. The summed E-state index contributed by atoms with van der Waals surface area (Å²) >= 11 is 0.